The summed E-state index contributed by atoms with van der Waals surface area (Å²) in [6.07, 6.45) is 1.51. The van der Waals surface area contributed by atoms with Crippen LogP contribution in [-0.4, -0.2) is 85.1 Å². The minimum absolute atomic E-state index is 0.0309. The van der Waals surface area contributed by atoms with Crippen molar-refractivity contribution < 1.29 is 31.6 Å². The molecule has 3 aliphatic rings. The predicted molar refractivity (Wildman–Crippen MR) is 86.5 cm³/mol. The van der Waals surface area contributed by atoms with Gasteiger partial charge in [-0.2, -0.15) is 13.5 Å². The minimum atomic E-state index is -4.82. The van der Waals surface area contributed by atoms with Crippen molar-refractivity contribution in [2.45, 2.75) is 37.5 Å². The number of hydroxylamine groups is 2. The number of urea groups is 1. The van der Waals surface area contributed by atoms with E-state index in [9.17, 15) is 18.0 Å². The molecule has 4 N–H and O–H groups in total. The van der Waals surface area contributed by atoms with E-state index in [0.29, 0.717) is 24.4 Å². The Bertz CT molecular complexity index is 693. The van der Waals surface area contributed by atoms with Gasteiger partial charge in [-0.3, -0.25) is 14.8 Å². The number of hydrogen-bond donors (Lipinski definition) is 4. The van der Waals surface area contributed by atoms with Crippen LogP contribution in [0.2, 0.25) is 0 Å². The molecule has 3 fully saturated rings. The van der Waals surface area contributed by atoms with Gasteiger partial charge in [0, 0.05) is 13.1 Å². The Kier molecular flexibility index (Phi) is 5.43. The van der Waals surface area contributed by atoms with Crippen molar-refractivity contribution in [1.29, 1.82) is 5.41 Å². The molecule has 3 heterocycles. The molecule has 0 aromatic heterocycles. The van der Waals surface area contributed by atoms with Gasteiger partial charge in [0.15, 0.2) is 0 Å². The Hall–Kier alpha value is -1.80. The van der Waals surface area contributed by atoms with Crippen molar-refractivity contribution in [3.05, 3.63) is 0 Å². The Labute approximate surface area is 150 Å². The molecule has 0 aromatic rings. The van der Waals surface area contributed by atoms with Gasteiger partial charge in [-0.15, -0.1) is 4.28 Å². The maximum atomic E-state index is 12.3. The molecule has 2 bridgehead atoms. The highest BCUT2D eigenvalue weighted by atomic mass is 32.3. The van der Waals surface area contributed by atoms with Crippen LogP contribution in [0.5, 0.6) is 0 Å². The lowest BCUT2D eigenvalue weighted by Crippen LogP contribution is -2.51. The second-order valence-electron chi connectivity index (χ2n) is 6.40. The Morgan fingerprint density at radius 3 is 2.81 bits per heavy atom. The number of nitrogens with one attached hydrogen (secondary N) is 3. The van der Waals surface area contributed by atoms with Crippen LogP contribution in [0.15, 0.2) is 0 Å². The Morgan fingerprint density at radius 2 is 2.15 bits per heavy atom. The molecular weight excluding hydrogens is 370 g/mol. The molecule has 3 amide bonds. The normalized spacial score (nSPS) is 28.5. The molecule has 0 spiro atoms. The lowest BCUT2D eigenvalue weighted by atomic mass is 10.00. The quantitative estimate of drug-likeness (QED) is 0.241. The highest BCUT2D eigenvalue weighted by Crippen LogP contribution is 2.30. The van der Waals surface area contributed by atoms with Crippen LogP contribution in [0.4, 0.5) is 4.79 Å². The summed E-state index contributed by atoms with van der Waals surface area (Å²) < 4.78 is 40.3. The second-order valence-corrected chi connectivity index (χ2v) is 7.40. The van der Waals surface area contributed by atoms with E-state index in [0.717, 1.165) is 13.0 Å². The van der Waals surface area contributed by atoms with Gasteiger partial charge < -0.3 is 20.3 Å². The summed E-state index contributed by atoms with van der Waals surface area (Å²) in [4.78, 5) is 25.5. The van der Waals surface area contributed by atoms with E-state index in [1.165, 1.54) is 4.90 Å². The van der Waals surface area contributed by atoms with E-state index in [-0.39, 0.29) is 25.1 Å². The summed E-state index contributed by atoms with van der Waals surface area (Å²) in [5.74, 6) is -0.648. The van der Waals surface area contributed by atoms with E-state index in [2.05, 4.69) is 14.9 Å². The number of amidine groups is 1. The average Bonchev–Trinajstić information content (AvgIpc) is 3.16. The zero-order valence-corrected chi connectivity index (χ0v) is 14.7. The maximum absolute atomic E-state index is 12.3. The van der Waals surface area contributed by atoms with Crippen LogP contribution < -0.4 is 10.6 Å². The Balaban J connectivity index is 1.54. The lowest BCUT2D eigenvalue weighted by Gasteiger charge is -2.30. The smallest absolute Gasteiger partial charge is 0.367 e. The molecule has 146 valence electrons. The lowest BCUT2D eigenvalue weighted by molar-refractivity contribution is -0.126. The molecule has 12 nitrogen and oxygen atoms in total. The molecule has 3 aliphatic heterocycles. The number of fused-ring (bicyclic) bond motifs is 2. The summed E-state index contributed by atoms with van der Waals surface area (Å²) in [5, 5.41) is 14.2. The number of carbonyl (C=O) groups excluding carboxylic acids is 2. The number of piperidine rings is 1. The van der Waals surface area contributed by atoms with Crippen LogP contribution in [0.1, 0.15) is 19.3 Å². The third kappa shape index (κ3) is 4.29. The van der Waals surface area contributed by atoms with E-state index in [1.54, 1.807) is 0 Å². The SMILES string of the molecule is N=C(NC(=O)COC1CCNC1)C1CCC2CN1C(=O)N2OS(=O)(=O)O. The molecule has 13 heteroatoms. The number of ether oxygens (including phenoxy) is 1. The zero-order valence-electron chi connectivity index (χ0n) is 13.9. The van der Waals surface area contributed by atoms with Crippen LogP contribution in [-0.2, 0) is 24.2 Å². The van der Waals surface area contributed by atoms with Crippen molar-refractivity contribution in [2.24, 2.45) is 0 Å². The van der Waals surface area contributed by atoms with Gasteiger partial charge in [-0.1, -0.05) is 0 Å². The van der Waals surface area contributed by atoms with Crippen LogP contribution in [0.25, 0.3) is 0 Å². The highest BCUT2D eigenvalue weighted by Gasteiger charge is 2.48. The van der Waals surface area contributed by atoms with Crippen molar-refractivity contribution in [3.63, 3.8) is 0 Å². The van der Waals surface area contributed by atoms with Gasteiger partial charge >= 0.3 is 16.4 Å². The van der Waals surface area contributed by atoms with Crippen molar-refractivity contribution in [3.8, 4) is 0 Å². The first kappa shape index (κ1) is 19.0. The fraction of sp³-hybridized carbons (Fsp3) is 0.769. The highest BCUT2D eigenvalue weighted by molar-refractivity contribution is 7.80. The first-order chi connectivity index (χ1) is 12.2. The number of nitrogens with zero attached hydrogens (tertiary/aromatic N) is 2. The molecule has 0 saturated carbocycles. The molecule has 3 saturated heterocycles. The van der Waals surface area contributed by atoms with E-state index >= 15 is 0 Å². The summed E-state index contributed by atoms with van der Waals surface area (Å²) >= 11 is 0. The van der Waals surface area contributed by atoms with Crippen LogP contribution in [0, 0.1) is 5.41 Å². The van der Waals surface area contributed by atoms with Crippen molar-refractivity contribution >= 4 is 28.2 Å². The number of amides is 3. The molecule has 0 radical (unpaired) electrons. The minimum Gasteiger partial charge on any atom is -0.367 e. The standard InChI is InChI=1S/C13H21N5O7S/c14-12(16-11(19)7-24-9-3-4-15-5-9)10-2-1-8-6-17(10)13(20)18(8)25-26(21,22)23/h8-10,15H,1-7H2,(H2,14,16,19)(H,21,22,23). The average molecular weight is 391 g/mol. The molecular formula is C13H21N5O7S. The number of carbonyl (C=O) groups is 2. The zero-order chi connectivity index (χ0) is 18.9. The van der Waals surface area contributed by atoms with E-state index in [4.69, 9.17) is 14.7 Å². The van der Waals surface area contributed by atoms with E-state index < -0.39 is 34.4 Å². The van der Waals surface area contributed by atoms with Crippen LogP contribution >= 0.6 is 0 Å². The number of hydrogen-bond acceptors (Lipinski definition) is 8. The molecule has 26 heavy (non-hydrogen) atoms. The first-order valence-electron chi connectivity index (χ1n) is 8.22. The molecule has 3 unspecified atom stereocenters. The Morgan fingerprint density at radius 1 is 1.38 bits per heavy atom. The summed E-state index contributed by atoms with van der Waals surface area (Å²) in [5.41, 5.74) is 0. The van der Waals surface area contributed by atoms with E-state index in [1.807, 2.05) is 0 Å². The topological polar surface area (TPSA) is 161 Å². The number of rotatable bonds is 6. The fourth-order valence-electron chi connectivity index (χ4n) is 3.37. The first-order valence-corrected chi connectivity index (χ1v) is 9.58. The maximum Gasteiger partial charge on any atom is 0.418 e. The van der Waals surface area contributed by atoms with Gasteiger partial charge in [0.2, 0.25) is 0 Å². The summed E-state index contributed by atoms with van der Waals surface area (Å²) in [6, 6.07) is -2.02. The van der Waals surface area contributed by atoms with Gasteiger partial charge in [0.25, 0.3) is 5.91 Å². The molecule has 0 aromatic carbocycles. The predicted octanol–water partition coefficient (Wildman–Crippen LogP) is -1.54. The van der Waals surface area contributed by atoms with Gasteiger partial charge in [0.1, 0.15) is 12.4 Å². The van der Waals surface area contributed by atoms with Crippen LogP contribution in [0.3, 0.4) is 0 Å². The van der Waals surface area contributed by atoms with Gasteiger partial charge in [0.05, 0.1) is 18.2 Å². The fourth-order valence-corrected chi connectivity index (χ4v) is 3.75. The molecule has 3 rings (SSSR count). The monoisotopic (exact) mass is 391 g/mol. The van der Waals surface area contributed by atoms with Crippen molar-refractivity contribution in [1.82, 2.24) is 20.6 Å². The third-order valence-electron chi connectivity index (χ3n) is 4.57. The second kappa shape index (κ2) is 7.44. The molecule has 3 atom stereocenters. The third-order valence-corrected chi connectivity index (χ3v) is 4.92. The summed E-state index contributed by atoms with van der Waals surface area (Å²) in [7, 11) is -4.82. The molecule has 0 aliphatic carbocycles. The van der Waals surface area contributed by atoms with Gasteiger partial charge in [-0.25, -0.2) is 4.79 Å². The largest absolute Gasteiger partial charge is 0.418 e. The summed E-state index contributed by atoms with van der Waals surface area (Å²) in [6.45, 7) is 1.47. The van der Waals surface area contributed by atoms with Crippen molar-refractivity contribution in [2.75, 3.05) is 26.2 Å². The van der Waals surface area contributed by atoms with Gasteiger partial charge in [-0.05, 0) is 25.8 Å².